The Morgan fingerprint density at radius 1 is 1.21 bits per heavy atom. The summed E-state index contributed by atoms with van der Waals surface area (Å²) >= 11 is 0. The first kappa shape index (κ1) is 18.8. The molecule has 2 rings (SSSR count). The van der Waals surface area contributed by atoms with E-state index >= 15 is 0 Å². The van der Waals surface area contributed by atoms with E-state index in [4.69, 9.17) is 0 Å². The van der Waals surface area contributed by atoms with Crippen molar-refractivity contribution in [2.45, 2.75) is 25.8 Å². The number of anilines is 1. The zero-order valence-electron chi connectivity index (χ0n) is 14.0. The first-order valence-corrected chi connectivity index (χ1v) is 8.35. The highest BCUT2D eigenvalue weighted by Crippen LogP contribution is 2.13. The molecule has 0 spiro atoms. The third-order valence-corrected chi connectivity index (χ3v) is 4.41. The molecule has 1 aliphatic rings. The largest absolute Gasteiger partial charge is 0.395 e. The molecule has 0 aromatic heterocycles. The number of rotatable bonds is 7. The van der Waals surface area contributed by atoms with E-state index in [0.717, 1.165) is 50.8 Å². The van der Waals surface area contributed by atoms with Crippen LogP contribution >= 0.6 is 0 Å². The van der Waals surface area contributed by atoms with Crippen LogP contribution in [0, 0.1) is 11.6 Å². The van der Waals surface area contributed by atoms with Crippen molar-refractivity contribution in [3.63, 3.8) is 0 Å². The number of nitrogens with zero attached hydrogens (tertiary/aromatic N) is 2. The van der Waals surface area contributed by atoms with Gasteiger partial charge < -0.3 is 15.3 Å². The molecule has 1 heterocycles. The van der Waals surface area contributed by atoms with Crippen LogP contribution in [0.3, 0.4) is 0 Å². The predicted octanol–water partition coefficient (Wildman–Crippen LogP) is 1.68. The van der Waals surface area contributed by atoms with E-state index in [-0.39, 0.29) is 30.7 Å². The van der Waals surface area contributed by atoms with Gasteiger partial charge in [-0.3, -0.25) is 9.69 Å². The lowest BCUT2D eigenvalue weighted by Gasteiger charge is -2.38. The molecule has 2 N–H and O–H groups in total. The van der Waals surface area contributed by atoms with Gasteiger partial charge in [-0.2, -0.15) is 0 Å². The van der Waals surface area contributed by atoms with Crippen LogP contribution in [-0.2, 0) is 4.79 Å². The molecule has 1 unspecified atom stereocenters. The Hall–Kier alpha value is -1.57. The summed E-state index contributed by atoms with van der Waals surface area (Å²) in [6, 6.07) is 3.17. The standard InChI is InChI=1S/C17H25F2N3O2/c1-2-16(12-23)22-7-5-21(6-8-22)4-3-17(24)20-15-10-13(18)9-14(19)11-15/h9-11,16,23H,2-8,12H2,1H3,(H,20,24). The van der Waals surface area contributed by atoms with Gasteiger partial charge in [-0.05, 0) is 18.6 Å². The number of piperazine rings is 1. The first-order valence-electron chi connectivity index (χ1n) is 8.35. The van der Waals surface area contributed by atoms with Crippen molar-refractivity contribution >= 4 is 11.6 Å². The predicted molar refractivity (Wildman–Crippen MR) is 88.8 cm³/mol. The minimum Gasteiger partial charge on any atom is -0.395 e. The zero-order chi connectivity index (χ0) is 17.5. The third kappa shape index (κ3) is 5.51. The van der Waals surface area contributed by atoms with Crippen LogP contribution in [0.15, 0.2) is 18.2 Å². The van der Waals surface area contributed by atoms with E-state index in [1.807, 2.05) is 0 Å². The molecule has 1 atom stereocenters. The van der Waals surface area contributed by atoms with Crippen molar-refractivity contribution in [1.82, 2.24) is 9.80 Å². The summed E-state index contributed by atoms with van der Waals surface area (Å²) in [5.41, 5.74) is 0.135. The maximum Gasteiger partial charge on any atom is 0.225 e. The van der Waals surface area contributed by atoms with Crippen molar-refractivity contribution in [2.24, 2.45) is 0 Å². The Kier molecular flexibility index (Phi) is 7.08. The first-order chi connectivity index (χ1) is 11.5. The Morgan fingerprint density at radius 2 is 1.83 bits per heavy atom. The van der Waals surface area contributed by atoms with E-state index in [9.17, 15) is 18.7 Å². The molecule has 1 aromatic rings. The second-order valence-electron chi connectivity index (χ2n) is 6.08. The van der Waals surface area contributed by atoms with E-state index in [1.54, 1.807) is 0 Å². The van der Waals surface area contributed by atoms with Crippen molar-refractivity contribution in [2.75, 3.05) is 44.6 Å². The monoisotopic (exact) mass is 341 g/mol. The smallest absolute Gasteiger partial charge is 0.225 e. The molecule has 1 saturated heterocycles. The minimum atomic E-state index is -0.712. The fourth-order valence-electron chi connectivity index (χ4n) is 2.96. The molecule has 5 nitrogen and oxygen atoms in total. The average molecular weight is 341 g/mol. The molecule has 7 heteroatoms. The molecular weight excluding hydrogens is 316 g/mol. The van der Waals surface area contributed by atoms with Crippen LogP contribution in [0.4, 0.5) is 14.5 Å². The molecule has 0 aliphatic carbocycles. The molecule has 0 radical (unpaired) electrons. The highest BCUT2D eigenvalue weighted by molar-refractivity contribution is 5.90. The summed E-state index contributed by atoms with van der Waals surface area (Å²) in [6.07, 6.45) is 1.19. The summed E-state index contributed by atoms with van der Waals surface area (Å²) in [6.45, 7) is 6.27. The number of aliphatic hydroxyl groups excluding tert-OH is 1. The van der Waals surface area contributed by atoms with Gasteiger partial charge >= 0.3 is 0 Å². The Labute approximate surface area is 141 Å². The molecule has 1 aliphatic heterocycles. The quantitative estimate of drug-likeness (QED) is 0.792. The van der Waals surface area contributed by atoms with Gasteiger partial charge in [0.2, 0.25) is 5.91 Å². The highest BCUT2D eigenvalue weighted by atomic mass is 19.1. The van der Waals surface area contributed by atoms with Crippen molar-refractivity contribution in [1.29, 1.82) is 0 Å². The maximum absolute atomic E-state index is 13.1. The van der Waals surface area contributed by atoms with Crippen LogP contribution in [0.25, 0.3) is 0 Å². The number of amides is 1. The van der Waals surface area contributed by atoms with Crippen molar-refractivity contribution in [3.8, 4) is 0 Å². The van der Waals surface area contributed by atoms with Gasteiger partial charge in [0.25, 0.3) is 0 Å². The summed E-state index contributed by atoms with van der Waals surface area (Å²) < 4.78 is 26.2. The second kappa shape index (κ2) is 9.05. The van der Waals surface area contributed by atoms with Crippen LogP contribution in [0.1, 0.15) is 19.8 Å². The number of carbonyl (C=O) groups excluding carboxylic acids is 1. The van der Waals surface area contributed by atoms with Crippen molar-refractivity contribution in [3.05, 3.63) is 29.8 Å². The van der Waals surface area contributed by atoms with Gasteiger partial charge in [-0.25, -0.2) is 8.78 Å². The van der Waals surface area contributed by atoms with E-state index in [2.05, 4.69) is 22.0 Å². The maximum atomic E-state index is 13.1. The van der Waals surface area contributed by atoms with Gasteiger partial charge in [0, 0.05) is 56.9 Å². The Morgan fingerprint density at radius 3 is 2.38 bits per heavy atom. The lowest BCUT2D eigenvalue weighted by Crippen LogP contribution is -2.51. The molecule has 0 saturated carbocycles. The second-order valence-corrected chi connectivity index (χ2v) is 6.08. The summed E-state index contributed by atoms with van der Waals surface area (Å²) in [5.74, 6) is -1.68. The SMILES string of the molecule is CCC(CO)N1CCN(CCC(=O)Nc2cc(F)cc(F)c2)CC1. The topological polar surface area (TPSA) is 55.8 Å². The third-order valence-electron chi connectivity index (χ3n) is 4.41. The van der Waals surface area contributed by atoms with Gasteiger partial charge in [0.15, 0.2) is 0 Å². The molecule has 1 fully saturated rings. The van der Waals surface area contributed by atoms with Gasteiger partial charge in [0.1, 0.15) is 11.6 Å². The van der Waals surface area contributed by atoms with Crippen LogP contribution in [0.5, 0.6) is 0 Å². The number of hydrogen-bond acceptors (Lipinski definition) is 4. The fourth-order valence-corrected chi connectivity index (χ4v) is 2.96. The number of nitrogens with one attached hydrogen (secondary N) is 1. The average Bonchev–Trinajstić information content (AvgIpc) is 2.54. The number of hydrogen-bond donors (Lipinski definition) is 2. The number of aliphatic hydroxyl groups is 1. The Bertz CT molecular complexity index is 524. The van der Waals surface area contributed by atoms with Crippen LogP contribution in [-0.4, -0.2) is 66.2 Å². The summed E-state index contributed by atoms with van der Waals surface area (Å²) in [7, 11) is 0. The van der Waals surface area contributed by atoms with E-state index < -0.39 is 11.6 Å². The molecule has 1 amide bonds. The highest BCUT2D eigenvalue weighted by Gasteiger charge is 2.22. The Balaban J connectivity index is 1.73. The van der Waals surface area contributed by atoms with Crippen LogP contribution < -0.4 is 5.32 Å². The molecule has 1 aromatic carbocycles. The molecule has 134 valence electrons. The van der Waals surface area contributed by atoms with Gasteiger partial charge in [-0.15, -0.1) is 0 Å². The van der Waals surface area contributed by atoms with Crippen LogP contribution in [0.2, 0.25) is 0 Å². The lowest BCUT2D eigenvalue weighted by atomic mass is 10.1. The fraction of sp³-hybridized carbons (Fsp3) is 0.588. The summed E-state index contributed by atoms with van der Waals surface area (Å²) in [4.78, 5) is 16.4. The van der Waals surface area contributed by atoms with Gasteiger partial charge in [-0.1, -0.05) is 6.92 Å². The summed E-state index contributed by atoms with van der Waals surface area (Å²) in [5, 5.41) is 11.9. The normalized spacial score (nSPS) is 17.7. The zero-order valence-corrected chi connectivity index (χ0v) is 14.0. The number of carbonyl (C=O) groups is 1. The minimum absolute atomic E-state index is 0.135. The number of benzene rings is 1. The van der Waals surface area contributed by atoms with Gasteiger partial charge in [0.05, 0.1) is 6.61 Å². The van der Waals surface area contributed by atoms with E-state index in [0.29, 0.717) is 6.54 Å². The lowest BCUT2D eigenvalue weighted by molar-refractivity contribution is -0.116. The number of halogens is 2. The molecule has 0 bridgehead atoms. The van der Waals surface area contributed by atoms with Crippen molar-refractivity contribution < 1.29 is 18.7 Å². The molecular formula is C17H25F2N3O2. The van der Waals surface area contributed by atoms with E-state index in [1.165, 1.54) is 0 Å². The molecule has 24 heavy (non-hydrogen) atoms.